The van der Waals surface area contributed by atoms with Crippen LogP contribution >= 0.6 is 0 Å². The van der Waals surface area contributed by atoms with Crippen LogP contribution in [0.5, 0.6) is 0 Å². The Bertz CT molecular complexity index is 397. The molecule has 0 bridgehead atoms. The summed E-state index contributed by atoms with van der Waals surface area (Å²) in [5.74, 6) is 0.0222. The fourth-order valence-electron chi connectivity index (χ4n) is 3.01. The molecular weight excluding hydrogens is 260 g/mol. The zero-order valence-corrected chi connectivity index (χ0v) is 11.9. The minimum atomic E-state index is -0.447. The molecule has 0 aromatic carbocycles. The van der Waals surface area contributed by atoms with Gasteiger partial charge in [-0.05, 0) is 25.7 Å². The summed E-state index contributed by atoms with van der Waals surface area (Å²) in [5.41, 5.74) is 0. The molecule has 2 fully saturated rings. The molecule has 0 aromatic heterocycles. The molecule has 0 radical (unpaired) electrons. The number of hydrogen-bond acceptors (Lipinski definition) is 5. The van der Waals surface area contributed by atoms with Crippen LogP contribution in [0.15, 0.2) is 0 Å². The fourth-order valence-corrected chi connectivity index (χ4v) is 3.01. The first-order chi connectivity index (χ1) is 9.58. The Morgan fingerprint density at radius 3 is 2.95 bits per heavy atom. The summed E-state index contributed by atoms with van der Waals surface area (Å²) in [4.78, 5) is 36.5. The van der Waals surface area contributed by atoms with Crippen molar-refractivity contribution in [3.05, 3.63) is 0 Å². The van der Waals surface area contributed by atoms with Gasteiger partial charge < -0.3 is 10.1 Å². The number of hydrogen-bond donors (Lipinski definition) is 1. The van der Waals surface area contributed by atoms with Crippen LogP contribution in [0.4, 0.5) is 0 Å². The number of carbonyl (C=O) groups excluding carboxylic acids is 3. The molecule has 2 heterocycles. The van der Waals surface area contributed by atoms with E-state index in [-0.39, 0.29) is 24.2 Å². The summed E-state index contributed by atoms with van der Waals surface area (Å²) >= 11 is 0. The van der Waals surface area contributed by atoms with E-state index in [2.05, 4.69) is 10.2 Å². The normalized spacial score (nSPS) is 26.6. The molecule has 0 spiro atoms. The monoisotopic (exact) mass is 282 g/mol. The van der Waals surface area contributed by atoms with Gasteiger partial charge in [-0.1, -0.05) is 0 Å². The molecule has 0 aromatic rings. The van der Waals surface area contributed by atoms with E-state index >= 15 is 0 Å². The second-order valence-electron chi connectivity index (χ2n) is 5.52. The van der Waals surface area contributed by atoms with E-state index in [0.717, 1.165) is 25.9 Å². The largest absolute Gasteiger partial charge is 0.466 e. The van der Waals surface area contributed by atoms with Crippen molar-refractivity contribution in [1.29, 1.82) is 0 Å². The lowest BCUT2D eigenvalue weighted by molar-refractivity contribution is -0.146. The minimum Gasteiger partial charge on any atom is -0.466 e. The Kier molecular flexibility index (Phi) is 5.11. The number of esters is 1. The molecule has 2 atom stereocenters. The molecule has 2 saturated heterocycles. The number of amides is 1. The molecule has 2 unspecified atom stereocenters. The zero-order valence-electron chi connectivity index (χ0n) is 11.9. The van der Waals surface area contributed by atoms with Crippen LogP contribution in [0.1, 0.15) is 32.6 Å². The van der Waals surface area contributed by atoms with Crippen molar-refractivity contribution < 1.29 is 19.1 Å². The number of Topliss-reactive ketones (excluding diaryl/α,β-unsaturated/α-hetero) is 1. The van der Waals surface area contributed by atoms with Gasteiger partial charge in [0.05, 0.1) is 13.2 Å². The molecule has 2 aliphatic heterocycles. The van der Waals surface area contributed by atoms with Crippen molar-refractivity contribution >= 4 is 17.7 Å². The highest BCUT2D eigenvalue weighted by atomic mass is 16.5. The van der Waals surface area contributed by atoms with Crippen molar-refractivity contribution in [1.82, 2.24) is 10.2 Å². The van der Waals surface area contributed by atoms with Gasteiger partial charge in [-0.25, -0.2) is 0 Å². The average Bonchev–Trinajstić information content (AvgIpc) is 2.39. The van der Waals surface area contributed by atoms with Crippen LogP contribution in [-0.4, -0.2) is 54.8 Å². The number of nitrogens with one attached hydrogen (secondary N) is 1. The highest BCUT2D eigenvalue weighted by Crippen LogP contribution is 2.25. The molecule has 0 saturated carbocycles. The summed E-state index contributed by atoms with van der Waals surface area (Å²) in [5, 5.41) is 3.02. The van der Waals surface area contributed by atoms with Crippen molar-refractivity contribution in [2.45, 2.75) is 38.6 Å². The van der Waals surface area contributed by atoms with Crippen molar-refractivity contribution in [2.24, 2.45) is 5.92 Å². The Morgan fingerprint density at radius 1 is 1.40 bits per heavy atom. The summed E-state index contributed by atoms with van der Waals surface area (Å²) in [6.45, 7) is 3.94. The standard InChI is InChI=1S/C14H22N2O4/c1-2-20-14(19)7-11(17)9-16-6-5-12-10(8-16)3-4-13(18)15-12/h10,12H,2-9H2,1H3,(H,15,18). The predicted molar refractivity (Wildman–Crippen MR) is 72.0 cm³/mol. The van der Waals surface area contributed by atoms with Gasteiger partial charge in [-0.2, -0.15) is 0 Å². The maximum Gasteiger partial charge on any atom is 0.313 e. The van der Waals surface area contributed by atoms with E-state index in [1.807, 2.05) is 0 Å². The number of ketones is 1. The summed E-state index contributed by atoms with van der Waals surface area (Å²) < 4.78 is 4.77. The Balaban J connectivity index is 1.76. The van der Waals surface area contributed by atoms with E-state index < -0.39 is 5.97 Å². The van der Waals surface area contributed by atoms with Crippen LogP contribution in [0.2, 0.25) is 0 Å². The number of piperidine rings is 2. The Hall–Kier alpha value is -1.43. The maximum atomic E-state index is 11.8. The van der Waals surface area contributed by atoms with Crippen LogP contribution in [0.3, 0.4) is 0 Å². The zero-order chi connectivity index (χ0) is 14.5. The molecule has 0 aliphatic carbocycles. The third kappa shape index (κ3) is 4.03. The molecule has 6 heteroatoms. The molecule has 6 nitrogen and oxygen atoms in total. The van der Waals surface area contributed by atoms with Gasteiger partial charge in [0.25, 0.3) is 0 Å². The van der Waals surface area contributed by atoms with Gasteiger partial charge >= 0.3 is 5.97 Å². The van der Waals surface area contributed by atoms with E-state index in [1.54, 1.807) is 6.92 Å². The van der Waals surface area contributed by atoms with Crippen molar-refractivity contribution in [3.8, 4) is 0 Å². The van der Waals surface area contributed by atoms with Gasteiger partial charge in [0.1, 0.15) is 6.42 Å². The quantitative estimate of drug-likeness (QED) is 0.572. The SMILES string of the molecule is CCOC(=O)CC(=O)CN1CCC2NC(=O)CCC2C1. The van der Waals surface area contributed by atoms with Gasteiger partial charge in [0.2, 0.25) is 5.91 Å². The van der Waals surface area contributed by atoms with Crippen LogP contribution in [-0.2, 0) is 19.1 Å². The van der Waals surface area contributed by atoms with Crippen molar-refractivity contribution in [3.63, 3.8) is 0 Å². The smallest absolute Gasteiger partial charge is 0.313 e. The van der Waals surface area contributed by atoms with E-state index in [4.69, 9.17) is 4.74 Å². The van der Waals surface area contributed by atoms with Crippen LogP contribution < -0.4 is 5.32 Å². The van der Waals surface area contributed by atoms with E-state index in [1.165, 1.54) is 0 Å². The Morgan fingerprint density at radius 2 is 2.20 bits per heavy atom. The molecule has 1 amide bonds. The fraction of sp³-hybridized carbons (Fsp3) is 0.786. The number of nitrogens with zero attached hydrogens (tertiary/aromatic N) is 1. The summed E-state index contributed by atoms with van der Waals surface area (Å²) in [7, 11) is 0. The topological polar surface area (TPSA) is 75.7 Å². The maximum absolute atomic E-state index is 11.8. The van der Waals surface area contributed by atoms with Gasteiger partial charge in [0, 0.05) is 25.6 Å². The highest BCUT2D eigenvalue weighted by molar-refractivity contribution is 5.96. The lowest BCUT2D eigenvalue weighted by atomic mass is 9.85. The van der Waals surface area contributed by atoms with E-state index in [9.17, 15) is 14.4 Å². The number of likely N-dealkylation sites (tertiary alicyclic amines) is 1. The third-order valence-electron chi connectivity index (χ3n) is 3.95. The lowest BCUT2D eigenvalue weighted by Crippen LogP contribution is -2.54. The van der Waals surface area contributed by atoms with Gasteiger partial charge in [0.15, 0.2) is 5.78 Å². The van der Waals surface area contributed by atoms with Crippen LogP contribution in [0, 0.1) is 5.92 Å². The van der Waals surface area contributed by atoms with Crippen molar-refractivity contribution in [2.75, 3.05) is 26.2 Å². The predicted octanol–water partition coefficient (Wildman–Crippen LogP) is 0.109. The number of carbonyl (C=O) groups is 3. The second-order valence-corrected chi connectivity index (χ2v) is 5.52. The first-order valence-electron chi connectivity index (χ1n) is 7.27. The number of fused-ring (bicyclic) bond motifs is 1. The Labute approximate surface area is 118 Å². The number of ether oxygens (including phenoxy) is 1. The first-order valence-corrected chi connectivity index (χ1v) is 7.27. The van der Waals surface area contributed by atoms with Crippen LogP contribution in [0.25, 0.3) is 0 Å². The molecule has 2 rings (SSSR count). The molecular formula is C14H22N2O4. The third-order valence-corrected chi connectivity index (χ3v) is 3.95. The lowest BCUT2D eigenvalue weighted by Gasteiger charge is -2.41. The summed E-state index contributed by atoms with van der Waals surface area (Å²) in [6.07, 6.45) is 2.20. The van der Waals surface area contributed by atoms with E-state index in [0.29, 0.717) is 25.5 Å². The van der Waals surface area contributed by atoms with Gasteiger partial charge in [-0.15, -0.1) is 0 Å². The first kappa shape index (κ1) is 15.0. The molecule has 112 valence electrons. The average molecular weight is 282 g/mol. The number of rotatable bonds is 5. The minimum absolute atomic E-state index is 0.0956. The molecule has 20 heavy (non-hydrogen) atoms. The van der Waals surface area contributed by atoms with Gasteiger partial charge in [-0.3, -0.25) is 19.3 Å². The summed E-state index contributed by atoms with van der Waals surface area (Å²) in [6, 6.07) is 0.257. The second kappa shape index (κ2) is 6.83. The highest BCUT2D eigenvalue weighted by Gasteiger charge is 2.34. The molecule has 1 N–H and O–H groups in total. The molecule has 2 aliphatic rings.